The largest absolute Gasteiger partial charge is 0.494 e. The maximum atomic E-state index is 5.35. The van der Waals surface area contributed by atoms with Gasteiger partial charge in [-0.2, -0.15) is 4.98 Å². The number of fused-ring (bicyclic) bond motifs is 1. The summed E-state index contributed by atoms with van der Waals surface area (Å²) in [4.78, 5) is 8.95. The third-order valence-electron chi connectivity index (χ3n) is 2.84. The molecule has 0 aliphatic carbocycles. The summed E-state index contributed by atoms with van der Waals surface area (Å²) in [5.74, 6) is 1.70. The molecule has 0 spiro atoms. The molecule has 0 saturated carbocycles. The zero-order chi connectivity index (χ0) is 14.5. The molecule has 1 heterocycles. The van der Waals surface area contributed by atoms with Crippen LogP contribution in [0.25, 0.3) is 16.5 Å². The smallest absolute Gasteiger partial charge is 0.224 e. The van der Waals surface area contributed by atoms with E-state index in [9.17, 15) is 0 Å². The molecule has 2 aromatic rings. The normalized spacial score (nSPS) is 11.2. The number of rotatable bonds is 5. The summed E-state index contributed by atoms with van der Waals surface area (Å²) < 4.78 is 10.7. The van der Waals surface area contributed by atoms with Crippen LogP contribution in [0.3, 0.4) is 0 Å². The van der Waals surface area contributed by atoms with Crippen LogP contribution in [0.2, 0.25) is 0 Å². The van der Waals surface area contributed by atoms with Gasteiger partial charge in [-0.1, -0.05) is 37.5 Å². The number of allylic oxidation sites excluding steroid dienone is 4. The standard InChI is InChI=1S/C16H16N2O2/c1-5-8-11(6-2)15-17-14-12(16(18-15)20-4)9-7-10-13(14)19-3/h5-10H,1-2H2,3-4H3/b11-8+. The molecule has 2 rings (SSSR count). The minimum atomic E-state index is 0.501. The second kappa shape index (κ2) is 6.02. The molecule has 102 valence electrons. The number of para-hydroxylation sites is 1. The highest BCUT2D eigenvalue weighted by Crippen LogP contribution is 2.30. The molecule has 4 heteroatoms. The minimum Gasteiger partial charge on any atom is -0.494 e. The molecular formula is C16H16N2O2. The summed E-state index contributed by atoms with van der Waals surface area (Å²) >= 11 is 0. The summed E-state index contributed by atoms with van der Waals surface area (Å²) in [6.07, 6.45) is 5.14. The first kappa shape index (κ1) is 13.8. The Labute approximate surface area is 118 Å². The monoisotopic (exact) mass is 268 g/mol. The molecule has 4 nitrogen and oxygen atoms in total. The van der Waals surface area contributed by atoms with Crippen LogP contribution >= 0.6 is 0 Å². The lowest BCUT2D eigenvalue weighted by atomic mass is 10.2. The molecule has 0 fully saturated rings. The number of hydrogen-bond donors (Lipinski definition) is 0. The van der Waals surface area contributed by atoms with Gasteiger partial charge in [0.15, 0.2) is 5.82 Å². The van der Waals surface area contributed by atoms with Gasteiger partial charge in [0.2, 0.25) is 5.88 Å². The highest BCUT2D eigenvalue weighted by molar-refractivity contribution is 5.90. The average molecular weight is 268 g/mol. The van der Waals surface area contributed by atoms with Crippen molar-refractivity contribution in [1.29, 1.82) is 0 Å². The van der Waals surface area contributed by atoms with Crippen LogP contribution in [-0.2, 0) is 0 Å². The van der Waals surface area contributed by atoms with Crippen LogP contribution in [0.5, 0.6) is 11.6 Å². The molecule has 1 aromatic heterocycles. The first-order valence-corrected chi connectivity index (χ1v) is 6.09. The molecule has 0 saturated heterocycles. The third kappa shape index (κ3) is 2.40. The van der Waals surface area contributed by atoms with Gasteiger partial charge in [0.05, 0.1) is 19.6 Å². The van der Waals surface area contributed by atoms with Gasteiger partial charge in [-0.3, -0.25) is 0 Å². The molecule has 20 heavy (non-hydrogen) atoms. The van der Waals surface area contributed by atoms with Gasteiger partial charge in [0.1, 0.15) is 11.3 Å². The molecule has 0 bridgehead atoms. The van der Waals surface area contributed by atoms with Gasteiger partial charge in [0, 0.05) is 5.57 Å². The van der Waals surface area contributed by atoms with Gasteiger partial charge >= 0.3 is 0 Å². The number of nitrogens with zero attached hydrogens (tertiary/aromatic N) is 2. The van der Waals surface area contributed by atoms with E-state index >= 15 is 0 Å². The Morgan fingerprint density at radius 3 is 2.55 bits per heavy atom. The second-order valence-electron chi connectivity index (χ2n) is 3.97. The fourth-order valence-corrected chi connectivity index (χ4v) is 1.91. The van der Waals surface area contributed by atoms with E-state index in [0.717, 1.165) is 11.0 Å². The summed E-state index contributed by atoms with van der Waals surface area (Å²) in [7, 11) is 3.19. The van der Waals surface area contributed by atoms with Gasteiger partial charge in [-0.05, 0) is 12.1 Å². The Morgan fingerprint density at radius 1 is 1.15 bits per heavy atom. The van der Waals surface area contributed by atoms with E-state index < -0.39 is 0 Å². The Morgan fingerprint density at radius 2 is 1.95 bits per heavy atom. The highest BCUT2D eigenvalue weighted by atomic mass is 16.5. The summed E-state index contributed by atoms with van der Waals surface area (Å²) in [5.41, 5.74) is 1.47. The van der Waals surface area contributed by atoms with Crippen molar-refractivity contribution in [3.8, 4) is 11.6 Å². The Kier molecular flexibility index (Phi) is 4.15. The minimum absolute atomic E-state index is 0.501. The number of methoxy groups -OCH3 is 2. The Bertz CT molecular complexity index is 690. The molecule has 1 aromatic carbocycles. The third-order valence-corrected chi connectivity index (χ3v) is 2.84. The molecule has 0 N–H and O–H groups in total. The molecule has 0 atom stereocenters. The van der Waals surface area contributed by atoms with Crippen molar-refractivity contribution in [2.75, 3.05) is 14.2 Å². The fraction of sp³-hybridized carbons (Fsp3) is 0.125. The first-order valence-electron chi connectivity index (χ1n) is 6.09. The molecule has 0 amide bonds. The quantitative estimate of drug-likeness (QED) is 0.779. The van der Waals surface area contributed by atoms with Crippen molar-refractivity contribution >= 4 is 16.5 Å². The SMILES string of the molecule is C=C/C=C(\C=C)c1nc(OC)c2cccc(OC)c2n1. The van der Waals surface area contributed by atoms with Crippen LogP contribution in [0.1, 0.15) is 5.82 Å². The van der Waals surface area contributed by atoms with Crippen LogP contribution in [0, 0.1) is 0 Å². The molecule has 0 aliphatic heterocycles. The lowest BCUT2D eigenvalue weighted by Crippen LogP contribution is -1.99. The molecular weight excluding hydrogens is 252 g/mol. The van der Waals surface area contributed by atoms with E-state index in [2.05, 4.69) is 23.1 Å². The summed E-state index contributed by atoms with van der Waals surface area (Å²) in [6.45, 7) is 7.44. The highest BCUT2D eigenvalue weighted by Gasteiger charge is 2.13. The zero-order valence-corrected chi connectivity index (χ0v) is 11.6. The molecule has 0 aliphatic rings. The van der Waals surface area contributed by atoms with Gasteiger partial charge in [-0.25, -0.2) is 4.98 Å². The van der Waals surface area contributed by atoms with E-state index in [0.29, 0.717) is 23.0 Å². The summed E-state index contributed by atoms with van der Waals surface area (Å²) in [5, 5.41) is 0.803. The topological polar surface area (TPSA) is 44.2 Å². The van der Waals surface area contributed by atoms with Crippen molar-refractivity contribution in [2.45, 2.75) is 0 Å². The van der Waals surface area contributed by atoms with Crippen LogP contribution in [-0.4, -0.2) is 24.2 Å². The lowest BCUT2D eigenvalue weighted by Gasteiger charge is -2.10. The van der Waals surface area contributed by atoms with Crippen molar-refractivity contribution in [3.63, 3.8) is 0 Å². The van der Waals surface area contributed by atoms with Crippen molar-refractivity contribution in [1.82, 2.24) is 9.97 Å². The molecule has 0 radical (unpaired) electrons. The van der Waals surface area contributed by atoms with E-state index in [1.165, 1.54) is 0 Å². The number of benzene rings is 1. The number of hydrogen-bond acceptors (Lipinski definition) is 4. The van der Waals surface area contributed by atoms with Crippen LogP contribution in [0.15, 0.2) is 49.6 Å². The average Bonchev–Trinajstić information content (AvgIpc) is 2.50. The maximum absolute atomic E-state index is 5.35. The van der Waals surface area contributed by atoms with Gasteiger partial charge in [-0.15, -0.1) is 0 Å². The Hall–Kier alpha value is -2.62. The number of aromatic nitrogens is 2. The van der Waals surface area contributed by atoms with Crippen molar-refractivity contribution in [3.05, 3.63) is 55.4 Å². The van der Waals surface area contributed by atoms with E-state index in [1.54, 1.807) is 32.4 Å². The Balaban J connectivity index is 2.79. The van der Waals surface area contributed by atoms with Crippen LogP contribution in [0.4, 0.5) is 0 Å². The van der Waals surface area contributed by atoms with E-state index in [1.807, 2.05) is 18.2 Å². The predicted octanol–water partition coefficient (Wildman–Crippen LogP) is 3.40. The maximum Gasteiger partial charge on any atom is 0.224 e. The number of ether oxygens (including phenoxy) is 2. The van der Waals surface area contributed by atoms with Crippen molar-refractivity contribution < 1.29 is 9.47 Å². The van der Waals surface area contributed by atoms with Gasteiger partial charge in [0.25, 0.3) is 0 Å². The van der Waals surface area contributed by atoms with E-state index in [4.69, 9.17) is 9.47 Å². The lowest BCUT2D eigenvalue weighted by molar-refractivity contribution is 0.400. The van der Waals surface area contributed by atoms with Crippen molar-refractivity contribution in [2.24, 2.45) is 0 Å². The van der Waals surface area contributed by atoms with Crippen LogP contribution < -0.4 is 9.47 Å². The second-order valence-corrected chi connectivity index (χ2v) is 3.97. The first-order chi connectivity index (χ1) is 9.74. The zero-order valence-electron chi connectivity index (χ0n) is 11.6. The molecule has 0 unspecified atom stereocenters. The predicted molar refractivity (Wildman–Crippen MR) is 81.0 cm³/mol. The fourth-order valence-electron chi connectivity index (χ4n) is 1.91. The summed E-state index contributed by atoms with van der Waals surface area (Å²) in [6, 6.07) is 5.62. The van der Waals surface area contributed by atoms with E-state index in [-0.39, 0.29) is 0 Å². The van der Waals surface area contributed by atoms with Gasteiger partial charge < -0.3 is 9.47 Å².